The molecule has 4 heteroatoms. The largest absolute Gasteiger partial charge is 0.506 e. The van der Waals surface area contributed by atoms with Gasteiger partial charge in [0, 0.05) is 11.3 Å². The molecule has 0 fully saturated rings. The Morgan fingerprint density at radius 1 is 1.50 bits per heavy atom. The van der Waals surface area contributed by atoms with Crippen LogP contribution < -0.4 is 4.74 Å². The Balaban J connectivity index is 2.82. The van der Waals surface area contributed by atoms with Crippen LogP contribution in [-0.4, -0.2) is 12.2 Å². The summed E-state index contributed by atoms with van der Waals surface area (Å²) in [5.74, 6) is 1.47. The van der Waals surface area contributed by atoms with Crippen LogP contribution in [0, 0.1) is 0 Å². The molecule has 0 aliphatic rings. The maximum atomic E-state index is 9.61. The molecule has 0 amide bonds. The number of aromatic hydroxyl groups is 1. The Morgan fingerprint density at radius 2 is 2.29 bits per heavy atom. The van der Waals surface area contributed by atoms with Crippen LogP contribution >= 0.6 is 22.9 Å². The normalized spacial score (nSPS) is 10.7. The topological polar surface area (TPSA) is 29.5 Å². The van der Waals surface area contributed by atoms with Gasteiger partial charge in [0.25, 0.3) is 0 Å². The smallest absolute Gasteiger partial charge is 0.133 e. The number of hydrogen-bond donors (Lipinski definition) is 1. The zero-order valence-electron chi connectivity index (χ0n) is 7.58. The van der Waals surface area contributed by atoms with Crippen molar-refractivity contribution in [1.29, 1.82) is 0 Å². The molecule has 0 atom stereocenters. The van der Waals surface area contributed by atoms with Gasteiger partial charge < -0.3 is 9.84 Å². The van der Waals surface area contributed by atoms with Crippen molar-refractivity contribution in [3.05, 3.63) is 23.1 Å². The van der Waals surface area contributed by atoms with Crippen molar-refractivity contribution >= 4 is 33.0 Å². The van der Waals surface area contributed by atoms with Crippen molar-refractivity contribution in [3.63, 3.8) is 0 Å². The standard InChI is InChI=1S/C10H9ClO2S/c1-13-8-3-2-7(12)10-9(8)6(4-11)5-14-10/h2-3,5,12H,4H2,1H3. The highest BCUT2D eigenvalue weighted by molar-refractivity contribution is 7.17. The van der Waals surface area contributed by atoms with Crippen LogP contribution in [0.4, 0.5) is 0 Å². The first-order valence-electron chi connectivity index (χ1n) is 4.10. The Kier molecular flexibility index (Phi) is 2.52. The molecule has 0 spiro atoms. The zero-order chi connectivity index (χ0) is 10.1. The summed E-state index contributed by atoms with van der Waals surface area (Å²) in [7, 11) is 1.61. The molecule has 2 nitrogen and oxygen atoms in total. The van der Waals surface area contributed by atoms with Gasteiger partial charge in [-0.25, -0.2) is 0 Å². The van der Waals surface area contributed by atoms with Crippen LogP contribution in [0.3, 0.4) is 0 Å². The summed E-state index contributed by atoms with van der Waals surface area (Å²) in [5.41, 5.74) is 0.999. The van der Waals surface area contributed by atoms with E-state index in [1.165, 1.54) is 11.3 Å². The number of benzene rings is 1. The maximum Gasteiger partial charge on any atom is 0.133 e. The summed E-state index contributed by atoms with van der Waals surface area (Å²) in [5, 5.41) is 12.5. The molecule has 0 unspecified atom stereocenters. The summed E-state index contributed by atoms with van der Waals surface area (Å²) in [4.78, 5) is 0. The summed E-state index contributed by atoms with van der Waals surface area (Å²) in [6.45, 7) is 0. The SMILES string of the molecule is COc1ccc(O)c2scc(CCl)c12. The van der Waals surface area contributed by atoms with Crippen molar-refractivity contribution in [2.24, 2.45) is 0 Å². The molecule has 0 saturated carbocycles. The molecule has 1 aromatic heterocycles. The highest BCUT2D eigenvalue weighted by atomic mass is 35.5. The lowest BCUT2D eigenvalue weighted by atomic mass is 10.1. The second-order valence-electron chi connectivity index (χ2n) is 2.89. The van der Waals surface area contributed by atoms with Crippen molar-refractivity contribution in [2.75, 3.05) is 7.11 Å². The fourth-order valence-electron chi connectivity index (χ4n) is 1.43. The van der Waals surface area contributed by atoms with Gasteiger partial charge in [-0.1, -0.05) is 0 Å². The minimum Gasteiger partial charge on any atom is -0.506 e. The molecule has 0 bridgehead atoms. The van der Waals surface area contributed by atoms with Gasteiger partial charge in [-0.2, -0.15) is 0 Å². The zero-order valence-corrected chi connectivity index (χ0v) is 9.15. The number of thiophene rings is 1. The van der Waals surface area contributed by atoms with Gasteiger partial charge >= 0.3 is 0 Å². The van der Waals surface area contributed by atoms with Gasteiger partial charge in [0.15, 0.2) is 0 Å². The minimum absolute atomic E-state index is 0.280. The van der Waals surface area contributed by atoms with E-state index in [9.17, 15) is 5.11 Å². The molecule has 2 aromatic rings. The number of halogens is 1. The van der Waals surface area contributed by atoms with Gasteiger partial charge in [0.05, 0.1) is 11.8 Å². The lowest BCUT2D eigenvalue weighted by Gasteiger charge is -2.04. The van der Waals surface area contributed by atoms with E-state index < -0.39 is 0 Å². The van der Waals surface area contributed by atoms with Crippen LogP contribution in [0.25, 0.3) is 10.1 Å². The van der Waals surface area contributed by atoms with E-state index in [0.29, 0.717) is 5.88 Å². The molecule has 2 rings (SSSR count). The number of rotatable bonds is 2. The molecule has 0 aliphatic heterocycles. The van der Waals surface area contributed by atoms with Crippen LogP contribution in [-0.2, 0) is 5.88 Å². The Morgan fingerprint density at radius 3 is 2.93 bits per heavy atom. The monoisotopic (exact) mass is 228 g/mol. The fourth-order valence-corrected chi connectivity index (χ4v) is 2.74. The summed E-state index contributed by atoms with van der Waals surface area (Å²) in [6.07, 6.45) is 0. The van der Waals surface area contributed by atoms with Crippen molar-refractivity contribution in [1.82, 2.24) is 0 Å². The van der Waals surface area contributed by atoms with E-state index in [2.05, 4.69) is 0 Å². The van der Waals surface area contributed by atoms with Gasteiger partial charge in [-0.05, 0) is 23.1 Å². The van der Waals surface area contributed by atoms with Gasteiger partial charge in [0.1, 0.15) is 11.5 Å². The molecular formula is C10H9ClO2S. The molecule has 1 aromatic carbocycles. The molecule has 74 valence electrons. The van der Waals surface area contributed by atoms with Crippen molar-refractivity contribution in [2.45, 2.75) is 5.88 Å². The van der Waals surface area contributed by atoms with E-state index in [1.54, 1.807) is 19.2 Å². The predicted octanol–water partition coefficient (Wildman–Crippen LogP) is 3.35. The second kappa shape index (κ2) is 3.67. The first-order valence-corrected chi connectivity index (χ1v) is 5.51. The highest BCUT2D eigenvalue weighted by Gasteiger charge is 2.11. The third-order valence-corrected chi connectivity index (χ3v) is 3.44. The molecule has 0 radical (unpaired) electrons. The maximum absolute atomic E-state index is 9.61. The van der Waals surface area contributed by atoms with Crippen molar-refractivity contribution in [3.8, 4) is 11.5 Å². The lowest BCUT2D eigenvalue weighted by molar-refractivity contribution is 0.418. The first kappa shape index (κ1) is 9.62. The molecule has 0 saturated heterocycles. The van der Waals surface area contributed by atoms with Crippen LogP contribution in [0.1, 0.15) is 5.56 Å². The Bertz CT molecular complexity index is 464. The third kappa shape index (κ3) is 1.33. The number of fused-ring (bicyclic) bond motifs is 1. The number of methoxy groups -OCH3 is 1. The van der Waals surface area contributed by atoms with Gasteiger partial charge in [-0.15, -0.1) is 22.9 Å². The number of alkyl halides is 1. The summed E-state index contributed by atoms with van der Waals surface area (Å²) in [6, 6.07) is 3.39. The van der Waals surface area contributed by atoms with Crippen molar-refractivity contribution < 1.29 is 9.84 Å². The highest BCUT2D eigenvalue weighted by Crippen LogP contribution is 2.39. The molecule has 1 heterocycles. The van der Waals surface area contributed by atoms with Crippen LogP contribution in [0.5, 0.6) is 11.5 Å². The predicted molar refractivity (Wildman–Crippen MR) is 59.6 cm³/mol. The first-order chi connectivity index (χ1) is 6.77. The molecule has 14 heavy (non-hydrogen) atoms. The van der Waals surface area contributed by atoms with E-state index in [0.717, 1.165) is 21.4 Å². The van der Waals surface area contributed by atoms with E-state index in [-0.39, 0.29) is 5.75 Å². The number of hydrogen-bond acceptors (Lipinski definition) is 3. The molecule has 1 N–H and O–H groups in total. The average molecular weight is 229 g/mol. The third-order valence-electron chi connectivity index (χ3n) is 2.10. The van der Waals surface area contributed by atoms with Crippen LogP contribution in [0.2, 0.25) is 0 Å². The number of phenolic OH excluding ortho intramolecular Hbond substituents is 1. The van der Waals surface area contributed by atoms with Crippen LogP contribution in [0.15, 0.2) is 17.5 Å². The van der Waals surface area contributed by atoms with Gasteiger partial charge in [0.2, 0.25) is 0 Å². The lowest BCUT2D eigenvalue weighted by Crippen LogP contribution is -1.85. The van der Waals surface area contributed by atoms with E-state index >= 15 is 0 Å². The van der Waals surface area contributed by atoms with E-state index in [4.69, 9.17) is 16.3 Å². The Labute approximate surface area is 90.7 Å². The number of ether oxygens (including phenoxy) is 1. The average Bonchev–Trinajstić information content (AvgIpc) is 2.63. The number of phenols is 1. The minimum atomic E-state index is 0.280. The quantitative estimate of drug-likeness (QED) is 0.799. The van der Waals surface area contributed by atoms with Gasteiger partial charge in [-0.3, -0.25) is 0 Å². The molecular weight excluding hydrogens is 220 g/mol. The summed E-state index contributed by atoms with van der Waals surface area (Å²) >= 11 is 7.28. The molecule has 0 aliphatic carbocycles. The Hall–Kier alpha value is -0.930. The summed E-state index contributed by atoms with van der Waals surface area (Å²) < 4.78 is 6.05. The fraction of sp³-hybridized carbons (Fsp3) is 0.200. The second-order valence-corrected chi connectivity index (χ2v) is 4.03. The van der Waals surface area contributed by atoms with E-state index in [1.807, 2.05) is 5.38 Å².